The van der Waals surface area contributed by atoms with Crippen LogP contribution in [0, 0.1) is 18.8 Å². The number of amidine groups is 1. The van der Waals surface area contributed by atoms with Gasteiger partial charge in [-0.05, 0) is 89.0 Å². The molecule has 0 spiro atoms. The van der Waals surface area contributed by atoms with Gasteiger partial charge in [0.2, 0.25) is 0 Å². The van der Waals surface area contributed by atoms with Crippen LogP contribution in [-0.2, 0) is 6.42 Å². The van der Waals surface area contributed by atoms with Crippen molar-refractivity contribution in [2.75, 3.05) is 11.9 Å². The van der Waals surface area contributed by atoms with Crippen molar-refractivity contribution >= 4 is 11.5 Å². The van der Waals surface area contributed by atoms with Crippen LogP contribution in [-0.4, -0.2) is 12.4 Å². The van der Waals surface area contributed by atoms with Crippen molar-refractivity contribution in [3.05, 3.63) is 66.3 Å². The van der Waals surface area contributed by atoms with Crippen LogP contribution in [0.1, 0.15) is 105 Å². The van der Waals surface area contributed by atoms with Gasteiger partial charge >= 0.3 is 0 Å². The Kier molecular flexibility index (Phi) is 24.3. The van der Waals surface area contributed by atoms with Crippen LogP contribution in [0.2, 0.25) is 0 Å². The summed E-state index contributed by atoms with van der Waals surface area (Å²) >= 11 is 0. The number of nitrogens with zero attached hydrogens (tertiary/aromatic N) is 1. The van der Waals surface area contributed by atoms with Crippen molar-refractivity contribution in [1.29, 1.82) is 0 Å². The SMILES string of the molecule is C#C.C=C(C)CCCC.C=C(C)Cc1cccc(NC(/C=C\CC2CC2)=NCC)c1.CCCCC. The quantitative estimate of drug-likeness (QED) is 0.137. The summed E-state index contributed by atoms with van der Waals surface area (Å²) in [4.78, 5) is 4.53. The van der Waals surface area contributed by atoms with Gasteiger partial charge in [-0.2, -0.15) is 0 Å². The largest absolute Gasteiger partial charge is 0.341 e. The molecule has 2 rings (SSSR count). The predicted molar refractivity (Wildman–Crippen MR) is 162 cm³/mol. The van der Waals surface area contributed by atoms with Gasteiger partial charge in [0, 0.05) is 12.2 Å². The Hall–Kier alpha value is -2.53. The minimum absolute atomic E-state index is 0.793. The van der Waals surface area contributed by atoms with Crippen LogP contribution in [0.5, 0.6) is 0 Å². The molecule has 1 aromatic rings. The first-order valence-electron chi connectivity index (χ1n) is 13.5. The highest BCUT2D eigenvalue weighted by molar-refractivity contribution is 6.03. The van der Waals surface area contributed by atoms with Crippen molar-refractivity contribution in [2.24, 2.45) is 10.9 Å². The zero-order valence-corrected chi connectivity index (χ0v) is 23.8. The van der Waals surface area contributed by atoms with E-state index in [4.69, 9.17) is 0 Å². The molecule has 1 aliphatic carbocycles. The third kappa shape index (κ3) is 24.4. The fourth-order valence-electron chi connectivity index (χ4n) is 3.12. The Morgan fingerprint density at radius 3 is 2.06 bits per heavy atom. The van der Waals surface area contributed by atoms with Gasteiger partial charge in [0.15, 0.2) is 0 Å². The van der Waals surface area contributed by atoms with E-state index in [0.29, 0.717) is 0 Å². The molecule has 0 atom stereocenters. The number of allylic oxidation sites excluding steroid dienone is 3. The second-order valence-electron chi connectivity index (χ2n) is 9.31. The number of nitrogens with one attached hydrogen (secondary N) is 1. The fraction of sp³-hybridized carbons (Fsp3) is 0.545. The summed E-state index contributed by atoms with van der Waals surface area (Å²) < 4.78 is 0. The van der Waals surface area contributed by atoms with Gasteiger partial charge in [0.1, 0.15) is 5.84 Å². The normalized spacial score (nSPS) is 12.3. The molecule has 0 unspecified atom stereocenters. The topological polar surface area (TPSA) is 24.4 Å². The Morgan fingerprint density at radius 2 is 1.63 bits per heavy atom. The lowest BCUT2D eigenvalue weighted by atomic mass is 10.1. The maximum Gasteiger partial charge on any atom is 0.124 e. The van der Waals surface area contributed by atoms with Crippen molar-refractivity contribution in [2.45, 2.75) is 106 Å². The molecule has 0 heterocycles. The van der Waals surface area contributed by atoms with Crippen molar-refractivity contribution in [1.82, 2.24) is 0 Å². The highest BCUT2D eigenvalue weighted by atomic mass is 15.0. The van der Waals surface area contributed by atoms with Gasteiger partial charge in [-0.25, -0.2) is 0 Å². The molecule has 1 aromatic carbocycles. The summed E-state index contributed by atoms with van der Waals surface area (Å²) in [6.07, 6.45) is 25.1. The van der Waals surface area contributed by atoms with Crippen LogP contribution in [0.3, 0.4) is 0 Å². The lowest BCUT2D eigenvalue weighted by molar-refractivity contribution is 0.772. The Bertz CT molecular complexity index is 745. The molecule has 0 saturated heterocycles. The Balaban J connectivity index is 0. The molecule has 0 radical (unpaired) electrons. The molecule has 2 heteroatoms. The van der Waals surface area contributed by atoms with E-state index in [-0.39, 0.29) is 0 Å². The molecule has 1 aliphatic rings. The number of hydrogen-bond acceptors (Lipinski definition) is 1. The summed E-state index contributed by atoms with van der Waals surface area (Å²) in [5.41, 5.74) is 4.86. The van der Waals surface area contributed by atoms with E-state index in [9.17, 15) is 0 Å². The molecule has 1 fully saturated rings. The zero-order valence-electron chi connectivity index (χ0n) is 23.8. The number of hydrogen-bond donors (Lipinski definition) is 1. The number of anilines is 1. The molecule has 1 N–H and O–H groups in total. The van der Waals surface area contributed by atoms with Gasteiger partial charge in [0.25, 0.3) is 0 Å². The standard InChI is InChI=1S/C19H26N2.C7H14.C5H12.C2H2/c1-4-20-19(10-6-7-16-11-12-16)21-18-9-5-8-17(14-18)13-15(2)3;1-4-5-6-7(2)3;1-3-5-4-2;1-2/h5-6,8-10,14,16H,2,4,7,11-13H2,1,3H3,(H,20,21);2,4-6H2,1,3H3;3-5H2,1-2H3;1-2H/b10-6-;;;. The first kappa shape index (κ1) is 34.6. The third-order valence-corrected chi connectivity index (χ3v) is 5.14. The molecular weight excluding hydrogens is 424 g/mol. The second kappa shape index (κ2) is 24.6. The van der Waals surface area contributed by atoms with Crippen LogP contribution >= 0.6 is 0 Å². The first-order valence-corrected chi connectivity index (χ1v) is 13.5. The lowest BCUT2D eigenvalue weighted by Crippen LogP contribution is -2.09. The predicted octanol–water partition coefficient (Wildman–Crippen LogP) is 10.2. The van der Waals surface area contributed by atoms with Crippen molar-refractivity contribution < 1.29 is 0 Å². The van der Waals surface area contributed by atoms with Crippen molar-refractivity contribution in [3.8, 4) is 12.8 Å². The van der Waals surface area contributed by atoms with E-state index in [0.717, 1.165) is 30.4 Å². The minimum atomic E-state index is 0.793. The van der Waals surface area contributed by atoms with Crippen LogP contribution < -0.4 is 5.32 Å². The summed E-state index contributed by atoms with van der Waals surface area (Å²) in [6, 6.07) is 8.48. The average molecular weight is 479 g/mol. The van der Waals surface area contributed by atoms with E-state index in [1.54, 1.807) is 0 Å². The second-order valence-corrected chi connectivity index (χ2v) is 9.31. The zero-order chi connectivity index (χ0) is 26.9. The maximum atomic E-state index is 4.53. The molecule has 0 aromatic heterocycles. The minimum Gasteiger partial charge on any atom is -0.341 e. The summed E-state index contributed by atoms with van der Waals surface area (Å²) in [6.45, 7) is 21.4. The number of rotatable bonds is 12. The van der Waals surface area contributed by atoms with Crippen LogP contribution in [0.25, 0.3) is 0 Å². The molecule has 35 heavy (non-hydrogen) atoms. The van der Waals surface area contributed by atoms with Crippen molar-refractivity contribution in [3.63, 3.8) is 0 Å². The molecule has 0 bridgehead atoms. The van der Waals surface area contributed by atoms with E-state index < -0.39 is 0 Å². The summed E-state index contributed by atoms with van der Waals surface area (Å²) in [5, 5.41) is 3.42. The molecule has 196 valence electrons. The smallest absolute Gasteiger partial charge is 0.124 e. The summed E-state index contributed by atoms with van der Waals surface area (Å²) in [5.74, 6) is 1.87. The van der Waals surface area contributed by atoms with Gasteiger partial charge in [-0.3, -0.25) is 4.99 Å². The lowest BCUT2D eigenvalue weighted by Gasteiger charge is -2.09. The number of unbranched alkanes of at least 4 members (excludes halogenated alkanes) is 3. The van der Waals surface area contributed by atoms with E-state index in [2.05, 4.69) is 114 Å². The third-order valence-electron chi connectivity index (χ3n) is 5.14. The van der Waals surface area contributed by atoms with Crippen LogP contribution in [0.4, 0.5) is 5.69 Å². The van der Waals surface area contributed by atoms with Crippen LogP contribution in [0.15, 0.2) is 65.7 Å². The fourth-order valence-corrected chi connectivity index (χ4v) is 3.12. The number of benzene rings is 1. The maximum absolute atomic E-state index is 4.53. The Labute approximate surface area is 219 Å². The molecule has 2 nitrogen and oxygen atoms in total. The molecular formula is C33H54N2. The molecule has 0 aliphatic heterocycles. The summed E-state index contributed by atoms with van der Waals surface area (Å²) in [7, 11) is 0. The van der Waals surface area contributed by atoms with E-state index in [1.807, 2.05) is 0 Å². The monoisotopic (exact) mass is 478 g/mol. The van der Waals surface area contributed by atoms with E-state index >= 15 is 0 Å². The number of terminal acetylenes is 1. The molecule has 1 saturated carbocycles. The molecule has 0 amide bonds. The van der Waals surface area contributed by atoms with Gasteiger partial charge in [0.05, 0.1) is 0 Å². The van der Waals surface area contributed by atoms with Gasteiger partial charge in [-0.15, -0.1) is 19.4 Å². The van der Waals surface area contributed by atoms with E-state index in [1.165, 1.54) is 74.5 Å². The highest BCUT2D eigenvalue weighted by Gasteiger charge is 2.18. The average Bonchev–Trinajstić information content (AvgIpc) is 3.65. The van der Waals surface area contributed by atoms with Gasteiger partial charge < -0.3 is 5.32 Å². The van der Waals surface area contributed by atoms with Gasteiger partial charge in [-0.1, -0.05) is 82.4 Å². The number of aliphatic imine (C=N–C) groups is 1. The first-order chi connectivity index (χ1) is 16.9. The Morgan fingerprint density at radius 1 is 1.00 bits per heavy atom. The highest BCUT2D eigenvalue weighted by Crippen LogP contribution is 2.32.